The lowest BCUT2D eigenvalue weighted by Gasteiger charge is -2.20. The molecule has 3 N–H and O–H groups in total. The molecule has 0 unspecified atom stereocenters. The highest BCUT2D eigenvalue weighted by molar-refractivity contribution is 5.94. The fourth-order valence-electron chi connectivity index (χ4n) is 1.43. The van der Waals surface area contributed by atoms with Crippen LogP contribution in [-0.4, -0.2) is 23.9 Å². The van der Waals surface area contributed by atoms with Crippen LogP contribution in [0.15, 0.2) is 24.3 Å². The fraction of sp³-hybridized carbons (Fsp3) is 0.429. The number of rotatable bonds is 4. The molecule has 0 saturated carbocycles. The minimum atomic E-state index is -0.141. The van der Waals surface area contributed by atoms with E-state index >= 15 is 0 Å². The van der Waals surface area contributed by atoms with E-state index in [1.807, 2.05) is 20.8 Å². The van der Waals surface area contributed by atoms with E-state index < -0.39 is 0 Å². The van der Waals surface area contributed by atoms with E-state index in [0.29, 0.717) is 11.4 Å². The third-order valence-corrected chi connectivity index (χ3v) is 2.25. The van der Waals surface area contributed by atoms with Crippen molar-refractivity contribution in [1.82, 2.24) is 5.32 Å². The van der Waals surface area contributed by atoms with Crippen molar-refractivity contribution in [1.29, 1.82) is 0 Å². The van der Waals surface area contributed by atoms with Gasteiger partial charge in [0.2, 0.25) is 11.8 Å². The van der Waals surface area contributed by atoms with Gasteiger partial charge >= 0.3 is 0 Å². The van der Waals surface area contributed by atoms with Gasteiger partial charge in [0.1, 0.15) is 0 Å². The Morgan fingerprint density at radius 2 is 1.68 bits per heavy atom. The number of benzene rings is 1. The van der Waals surface area contributed by atoms with E-state index in [2.05, 4.69) is 16.0 Å². The summed E-state index contributed by atoms with van der Waals surface area (Å²) in [5, 5.41) is 8.55. The lowest BCUT2D eigenvalue weighted by atomic mass is 10.1. The van der Waals surface area contributed by atoms with Crippen LogP contribution in [0.3, 0.4) is 0 Å². The molecule has 5 nitrogen and oxygen atoms in total. The van der Waals surface area contributed by atoms with Gasteiger partial charge in [-0.1, -0.05) is 6.07 Å². The zero-order valence-corrected chi connectivity index (χ0v) is 11.8. The van der Waals surface area contributed by atoms with Crippen molar-refractivity contribution in [2.24, 2.45) is 0 Å². The number of hydrogen-bond donors (Lipinski definition) is 3. The number of nitrogens with one attached hydrogen (secondary N) is 3. The minimum absolute atomic E-state index is 0.102. The number of hydrogen-bond acceptors (Lipinski definition) is 3. The molecule has 0 aromatic heterocycles. The Kier molecular flexibility index (Phi) is 5.06. The second-order valence-corrected chi connectivity index (χ2v) is 5.41. The molecule has 0 aliphatic carbocycles. The fourth-order valence-corrected chi connectivity index (χ4v) is 1.43. The Morgan fingerprint density at radius 1 is 1.11 bits per heavy atom. The highest BCUT2D eigenvalue weighted by Gasteiger charge is 2.11. The highest BCUT2D eigenvalue weighted by Crippen LogP contribution is 2.14. The number of anilines is 2. The summed E-state index contributed by atoms with van der Waals surface area (Å²) in [6.07, 6.45) is 0. The summed E-state index contributed by atoms with van der Waals surface area (Å²) in [5.41, 5.74) is 1.22. The molecule has 1 aromatic rings. The third kappa shape index (κ3) is 6.57. The number of carbonyl (C=O) groups excluding carboxylic acids is 2. The summed E-state index contributed by atoms with van der Waals surface area (Å²) in [7, 11) is 0. The van der Waals surface area contributed by atoms with Crippen LogP contribution in [-0.2, 0) is 9.59 Å². The van der Waals surface area contributed by atoms with Crippen molar-refractivity contribution in [2.45, 2.75) is 33.2 Å². The first kappa shape index (κ1) is 15.2. The summed E-state index contributed by atoms with van der Waals surface area (Å²) in [5.74, 6) is -0.257. The summed E-state index contributed by atoms with van der Waals surface area (Å²) in [6.45, 7) is 7.68. The monoisotopic (exact) mass is 263 g/mol. The summed E-state index contributed by atoms with van der Waals surface area (Å²) in [6, 6.07) is 7.04. The normalized spacial score (nSPS) is 10.9. The predicted molar refractivity (Wildman–Crippen MR) is 77.1 cm³/mol. The molecule has 1 rings (SSSR count). The molecular weight excluding hydrogens is 242 g/mol. The third-order valence-electron chi connectivity index (χ3n) is 2.25. The Labute approximate surface area is 113 Å². The van der Waals surface area contributed by atoms with Gasteiger partial charge in [-0.25, -0.2) is 0 Å². The van der Waals surface area contributed by atoms with Crippen molar-refractivity contribution in [2.75, 3.05) is 17.2 Å². The lowest BCUT2D eigenvalue weighted by Crippen LogP contribution is -2.41. The maximum atomic E-state index is 11.7. The summed E-state index contributed by atoms with van der Waals surface area (Å²) in [4.78, 5) is 22.7. The van der Waals surface area contributed by atoms with Crippen molar-refractivity contribution in [3.63, 3.8) is 0 Å². The van der Waals surface area contributed by atoms with Gasteiger partial charge < -0.3 is 16.0 Å². The van der Waals surface area contributed by atoms with Gasteiger partial charge in [-0.3, -0.25) is 9.59 Å². The van der Waals surface area contributed by atoms with Gasteiger partial charge in [-0.2, -0.15) is 0 Å². The molecule has 2 amide bonds. The average molecular weight is 263 g/mol. The van der Waals surface area contributed by atoms with E-state index in [9.17, 15) is 9.59 Å². The van der Waals surface area contributed by atoms with Crippen LogP contribution in [0.5, 0.6) is 0 Å². The zero-order valence-electron chi connectivity index (χ0n) is 11.8. The maximum Gasteiger partial charge on any atom is 0.238 e. The largest absolute Gasteiger partial charge is 0.326 e. The second-order valence-electron chi connectivity index (χ2n) is 5.41. The first-order valence-electron chi connectivity index (χ1n) is 6.19. The van der Waals surface area contributed by atoms with Crippen molar-refractivity contribution in [3.05, 3.63) is 24.3 Å². The van der Waals surface area contributed by atoms with E-state index in [4.69, 9.17) is 0 Å². The Bertz CT molecular complexity index is 464. The SMILES string of the molecule is CC(=O)Nc1cccc(NC(=O)CNC(C)(C)C)c1. The Balaban J connectivity index is 2.57. The first-order chi connectivity index (χ1) is 8.76. The van der Waals surface area contributed by atoms with Crippen LogP contribution in [0, 0.1) is 0 Å². The summed E-state index contributed by atoms with van der Waals surface area (Å²) < 4.78 is 0. The molecule has 5 heteroatoms. The summed E-state index contributed by atoms with van der Waals surface area (Å²) >= 11 is 0. The molecule has 0 fully saturated rings. The van der Waals surface area contributed by atoms with Crippen molar-refractivity contribution in [3.8, 4) is 0 Å². The van der Waals surface area contributed by atoms with Crippen LogP contribution in [0.1, 0.15) is 27.7 Å². The molecule has 0 saturated heterocycles. The second kappa shape index (κ2) is 6.33. The first-order valence-corrected chi connectivity index (χ1v) is 6.19. The lowest BCUT2D eigenvalue weighted by molar-refractivity contribution is -0.116. The minimum Gasteiger partial charge on any atom is -0.326 e. The van der Waals surface area contributed by atoms with Gasteiger partial charge in [0.25, 0.3) is 0 Å². The zero-order chi connectivity index (χ0) is 14.5. The highest BCUT2D eigenvalue weighted by atomic mass is 16.2. The van der Waals surface area contributed by atoms with Crippen LogP contribution in [0.4, 0.5) is 11.4 Å². The molecular formula is C14H21N3O2. The molecule has 104 valence electrons. The Morgan fingerprint density at radius 3 is 2.21 bits per heavy atom. The van der Waals surface area contributed by atoms with Crippen LogP contribution in [0.25, 0.3) is 0 Å². The van der Waals surface area contributed by atoms with Gasteiger partial charge in [0.05, 0.1) is 6.54 Å². The number of carbonyl (C=O) groups is 2. The molecule has 19 heavy (non-hydrogen) atoms. The van der Waals surface area contributed by atoms with Gasteiger partial charge in [-0.05, 0) is 39.0 Å². The van der Waals surface area contributed by atoms with Crippen LogP contribution in [0.2, 0.25) is 0 Å². The molecule has 0 aliphatic heterocycles. The smallest absolute Gasteiger partial charge is 0.238 e. The standard InChI is InChI=1S/C14H21N3O2/c1-10(18)16-11-6-5-7-12(8-11)17-13(19)9-15-14(2,3)4/h5-8,15H,9H2,1-4H3,(H,16,18)(H,17,19). The number of amides is 2. The average Bonchev–Trinajstić information content (AvgIpc) is 2.25. The Hall–Kier alpha value is -1.88. The van der Waals surface area contributed by atoms with Gasteiger partial charge in [0.15, 0.2) is 0 Å². The van der Waals surface area contributed by atoms with Crippen LogP contribution >= 0.6 is 0 Å². The van der Waals surface area contributed by atoms with Crippen LogP contribution < -0.4 is 16.0 Å². The molecule has 0 spiro atoms. The molecule has 0 bridgehead atoms. The predicted octanol–water partition coefficient (Wildman–Crippen LogP) is 1.97. The van der Waals surface area contributed by atoms with Gasteiger partial charge in [0, 0.05) is 23.8 Å². The van der Waals surface area contributed by atoms with Crippen molar-refractivity contribution < 1.29 is 9.59 Å². The van der Waals surface area contributed by atoms with Gasteiger partial charge in [-0.15, -0.1) is 0 Å². The molecule has 0 atom stereocenters. The van der Waals surface area contributed by atoms with E-state index in [-0.39, 0.29) is 23.9 Å². The van der Waals surface area contributed by atoms with E-state index in [0.717, 1.165) is 0 Å². The molecule has 0 heterocycles. The quantitative estimate of drug-likeness (QED) is 0.778. The van der Waals surface area contributed by atoms with Crippen molar-refractivity contribution >= 4 is 23.2 Å². The topological polar surface area (TPSA) is 70.2 Å². The molecule has 0 radical (unpaired) electrons. The van der Waals surface area contributed by atoms with E-state index in [1.54, 1.807) is 24.3 Å². The molecule has 1 aromatic carbocycles. The van der Waals surface area contributed by atoms with E-state index in [1.165, 1.54) is 6.92 Å². The molecule has 0 aliphatic rings. The maximum absolute atomic E-state index is 11.7.